The molecule has 17 heteroatoms. The van der Waals surface area contributed by atoms with Crippen LogP contribution < -0.4 is 0 Å². The first-order chi connectivity index (χ1) is 17.3. The molecule has 1 atom stereocenters. The molecule has 4 fully saturated rings. The minimum Gasteiger partial charge on any atom is -0.461 e. The van der Waals surface area contributed by atoms with E-state index < -0.39 is 77.0 Å². The molecule has 4 aliphatic rings. The summed E-state index contributed by atoms with van der Waals surface area (Å²) in [7, 11) is -6.57. The van der Waals surface area contributed by atoms with Crippen molar-refractivity contribution in [2.24, 2.45) is 17.8 Å². The average Bonchev–Trinajstić information content (AvgIpc) is 2.72. The minimum absolute atomic E-state index is 0.213. The molecular weight excluding hydrogens is 561 g/mol. The van der Waals surface area contributed by atoms with Gasteiger partial charge in [-0.05, 0) is 69.6 Å². The van der Waals surface area contributed by atoms with Crippen molar-refractivity contribution in [1.82, 2.24) is 0 Å². The molecule has 0 aliphatic heterocycles. The monoisotopic (exact) mass is 588 g/mol. The van der Waals surface area contributed by atoms with Gasteiger partial charge in [-0.3, -0.25) is 4.55 Å². The van der Waals surface area contributed by atoms with E-state index in [0.717, 1.165) is 26.2 Å². The van der Waals surface area contributed by atoms with Gasteiger partial charge in [-0.25, -0.2) is 9.59 Å². The third kappa shape index (κ3) is 5.83. The molecule has 4 rings (SSSR count). The van der Waals surface area contributed by atoms with Crippen LogP contribution in [0.5, 0.6) is 0 Å². The Hall–Kier alpha value is -1.88. The maximum atomic E-state index is 14.1. The predicted molar refractivity (Wildman–Crippen MR) is 111 cm³/mol. The highest BCUT2D eigenvalue weighted by Gasteiger charge is 2.69. The summed E-state index contributed by atoms with van der Waals surface area (Å²) in [4.78, 5) is 24.9. The number of esters is 1. The second-order valence-electron chi connectivity index (χ2n) is 10.0. The predicted octanol–water partition coefficient (Wildman–Crippen LogP) is 4.84. The number of carbonyl (C=O) groups is 2. The summed E-state index contributed by atoms with van der Waals surface area (Å²) in [6, 6.07) is 0. The van der Waals surface area contributed by atoms with Gasteiger partial charge in [-0.2, -0.15) is 39.2 Å². The van der Waals surface area contributed by atoms with Gasteiger partial charge in [-0.15, -0.1) is 0 Å². The lowest BCUT2D eigenvalue weighted by Gasteiger charge is -2.55. The van der Waals surface area contributed by atoms with Gasteiger partial charge in [0.2, 0.25) is 0 Å². The second-order valence-corrected chi connectivity index (χ2v) is 11.5. The molecular formula is C21H27F7O9S. The Balaban J connectivity index is 1.75. The lowest BCUT2D eigenvalue weighted by atomic mass is 9.54. The van der Waals surface area contributed by atoms with Crippen LogP contribution in [0.3, 0.4) is 0 Å². The Kier molecular flexibility index (Phi) is 8.28. The maximum absolute atomic E-state index is 14.1. The molecule has 0 aromatic carbocycles. The van der Waals surface area contributed by atoms with E-state index in [0.29, 0.717) is 19.3 Å². The van der Waals surface area contributed by atoms with E-state index in [1.807, 2.05) is 0 Å². The lowest BCUT2D eigenvalue weighted by molar-refractivity contribution is -0.356. The van der Waals surface area contributed by atoms with Gasteiger partial charge in [-0.1, -0.05) is 0 Å². The van der Waals surface area contributed by atoms with E-state index in [1.54, 1.807) is 0 Å². The largest absolute Gasteiger partial charge is 0.512 e. The SMILES string of the molecule is CCOC(=O)C(OCCCC(F)(F)C(F)(F)S(=O)(=O)O)(OC(=O)OC12CC3CC(CC(C3)C1)C2)C(F)(F)F. The van der Waals surface area contributed by atoms with Crippen molar-refractivity contribution in [2.45, 2.75) is 87.0 Å². The summed E-state index contributed by atoms with van der Waals surface area (Å²) in [5, 5.41) is -5.96. The zero-order valence-electron chi connectivity index (χ0n) is 20.1. The van der Waals surface area contributed by atoms with Gasteiger partial charge >= 0.3 is 45.4 Å². The van der Waals surface area contributed by atoms with Crippen LogP contribution in [-0.2, 0) is 33.9 Å². The Morgan fingerprint density at radius 2 is 1.45 bits per heavy atom. The van der Waals surface area contributed by atoms with E-state index in [9.17, 15) is 48.7 Å². The molecule has 1 N–H and O–H groups in total. The Morgan fingerprint density at radius 3 is 1.87 bits per heavy atom. The molecule has 0 radical (unpaired) electrons. The Labute approximate surface area is 213 Å². The number of hydrogen-bond acceptors (Lipinski definition) is 8. The van der Waals surface area contributed by atoms with Gasteiger partial charge < -0.3 is 18.9 Å². The Bertz CT molecular complexity index is 980. The van der Waals surface area contributed by atoms with E-state index in [2.05, 4.69) is 14.2 Å². The van der Waals surface area contributed by atoms with Gasteiger partial charge in [0.1, 0.15) is 5.60 Å². The number of ether oxygens (including phenoxy) is 4. The number of halogens is 7. The smallest absolute Gasteiger partial charge is 0.461 e. The summed E-state index contributed by atoms with van der Waals surface area (Å²) in [5.41, 5.74) is -1.10. The van der Waals surface area contributed by atoms with Crippen molar-refractivity contribution in [2.75, 3.05) is 13.2 Å². The molecule has 4 aliphatic carbocycles. The van der Waals surface area contributed by atoms with Crippen molar-refractivity contribution in [3.63, 3.8) is 0 Å². The summed E-state index contributed by atoms with van der Waals surface area (Å²) in [6.45, 7) is -1.07. The summed E-state index contributed by atoms with van der Waals surface area (Å²) in [5.74, 6) is -11.5. The van der Waals surface area contributed by atoms with Crippen LogP contribution in [0.2, 0.25) is 0 Å². The average molecular weight is 588 g/mol. The quantitative estimate of drug-likeness (QED) is 0.119. The highest BCUT2D eigenvalue weighted by atomic mass is 32.2. The van der Waals surface area contributed by atoms with Crippen LogP contribution in [-0.4, -0.2) is 67.1 Å². The zero-order valence-corrected chi connectivity index (χ0v) is 20.9. The van der Waals surface area contributed by atoms with E-state index in [1.165, 1.54) is 0 Å². The van der Waals surface area contributed by atoms with Crippen LogP contribution >= 0.6 is 0 Å². The van der Waals surface area contributed by atoms with E-state index >= 15 is 0 Å². The molecule has 0 aromatic rings. The molecule has 0 spiro atoms. The molecule has 0 saturated heterocycles. The molecule has 38 heavy (non-hydrogen) atoms. The van der Waals surface area contributed by atoms with Gasteiger partial charge in [0.25, 0.3) is 0 Å². The minimum atomic E-state index is -6.57. The summed E-state index contributed by atoms with van der Waals surface area (Å²) in [6.07, 6.45) is -7.34. The van der Waals surface area contributed by atoms with Crippen molar-refractivity contribution in [3.8, 4) is 0 Å². The van der Waals surface area contributed by atoms with Crippen LogP contribution in [0.1, 0.15) is 58.3 Å². The second kappa shape index (κ2) is 10.3. The molecule has 0 amide bonds. The molecule has 0 heterocycles. The van der Waals surface area contributed by atoms with Gasteiger partial charge in [0, 0.05) is 6.42 Å². The third-order valence-corrected chi connectivity index (χ3v) is 8.06. The fourth-order valence-electron chi connectivity index (χ4n) is 5.93. The van der Waals surface area contributed by atoms with Crippen LogP contribution in [0.15, 0.2) is 0 Å². The molecule has 220 valence electrons. The van der Waals surface area contributed by atoms with Crippen molar-refractivity contribution < 1.29 is 72.2 Å². The third-order valence-electron chi connectivity index (χ3n) is 7.12. The van der Waals surface area contributed by atoms with Crippen LogP contribution in [0.4, 0.5) is 35.5 Å². The first-order valence-electron chi connectivity index (χ1n) is 11.8. The van der Waals surface area contributed by atoms with Crippen molar-refractivity contribution >= 4 is 22.2 Å². The lowest BCUT2D eigenvalue weighted by Crippen LogP contribution is -2.59. The fraction of sp³-hybridized carbons (Fsp3) is 0.905. The number of hydrogen-bond donors (Lipinski definition) is 1. The molecule has 4 saturated carbocycles. The number of alkyl halides is 7. The number of carbonyl (C=O) groups excluding carboxylic acids is 2. The standard InChI is InChI=1S/C21H27F7O9S/c1-2-34-15(29)19(20(24,25)26,35-5-3-4-18(22,23)21(27,28)38(31,32)33)37-16(30)36-17-9-12-6-13(10-17)8-14(7-12)11-17/h12-14H,2-11H2,1H3,(H,31,32,33). The summed E-state index contributed by atoms with van der Waals surface area (Å²) < 4.78 is 144. The highest BCUT2D eigenvalue weighted by molar-refractivity contribution is 7.87. The zero-order chi connectivity index (χ0) is 28.8. The van der Waals surface area contributed by atoms with Crippen molar-refractivity contribution in [1.29, 1.82) is 0 Å². The van der Waals surface area contributed by atoms with Crippen LogP contribution in [0.25, 0.3) is 0 Å². The normalized spacial score (nSPS) is 29.0. The highest BCUT2D eigenvalue weighted by Crippen LogP contribution is 2.57. The molecule has 4 bridgehead atoms. The van der Waals surface area contributed by atoms with Crippen LogP contribution in [0, 0.1) is 17.8 Å². The number of rotatable bonds is 11. The molecule has 0 aromatic heterocycles. The van der Waals surface area contributed by atoms with E-state index in [4.69, 9.17) is 9.29 Å². The maximum Gasteiger partial charge on any atom is 0.512 e. The van der Waals surface area contributed by atoms with Gasteiger partial charge in [0.05, 0.1) is 13.2 Å². The fourth-order valence-corrected chi connectivity index (χ4v) is 6.41. The topological polar surface area (TPSA) is 125 Å². The van der Waals surface area contributed by atoms with E-state index in [-0.39, 0.29) is 17.8 Å². The van der Waals surface area contributed by atoms with Crippen molar-refractivity contribution in [3.05, 3.63) is 0 Å². The first-order valence-corrected chi connectivity index (χ1v) is 13.2. The summed E-state index contributed by atoms with van der Waals surface area (Å²) >= 11 is 0. The first kappa shape index (κ1) is 30.7. The molecule has 9 nitrogen and oxygen atoms in total. The van der Waals surface area contributed by atoms with Gasteiger partial charge in [0.15, 0.2) is 0 Å². The molecule has 1 unspecified atom stereocenters. The Morgan fingerprint density at radius 1 is 0.947 bits per heavy atom.